The highest BCUT2D eigenvalue weighted by atomic mass is 32.2. The normalized spacial score (nSPS) is 20.1. The van der Waals surface area contributed by atoms with Crippen molar-refractivity contribution in [3.05, 3.63) is 59.8 Å². The van der Waals surface area contributed by atoms with Gasteiger partial charge in [-0.05, 0) is 31.9 Å². The van der Waals surface area contributed by atoms with Crippen molar-refractivity contribution < 1.29 is 28.7 Å². The van der Waals surface area contributed by atoms with E-state index in [2.05, 4.69) is 11.9 Å². The van der Waals surface area contributed by atoms with E-state index in [4.69, 9.17) is 9.47 Å². The van der Waals surface area contributed by atoms with Crippen molar-refractivity contribution >= 4 is 35.5 Å². The van der Waals surface area contributed by atoms with Crippen molar-refractivity contribution in [2.24, 2.45) is 5.41 Å². The average Bonchev–Trinajstić information content (AvgIpc) is 2.76. The number of ether oxygens (including phenoxy) is 2. The first-order valence-electron chi connectivity index (χ1n) is 10.1. The van der Waals surface area contributed by atoms with Crippen LogP contribution in [-0.4, -0.2) is 52.6 Å². The van der Waals surface area contributed by atoms with E-state index in [1.165, 1.54) is 22.7 Å². The van der Waals surface area contributed by atoms with Gasteiger partial charge < -0.3 is 14.8 Å². The van der Waals surface area contributed by atoms with Gasteiger partial charge in [-0.15, -0.1) is 11.8 Å². The molecule has 8 nitrogen and oxygen atoms in total. The monoisotopic (exact) mass is 458 g/mol. The minimum absolute atomic E-state index is 0.0640. The lowest BCUT2D eigenvalue weighted by molar-refractivity contribution is -0.173. The Balaban J connectivity index is 1.63. The molecule has 0 saturated carbocycles. The van der Waals surface area contributed by atoms with Gasteiger partial charge >= 0.3 is 11.9 Å². The number of esters is 2. The second-order valence-electron chi connectivity index (χ2n) is 8.43. The van der Waals surface area contributed by atoms with Crippen LogP contribution in [0.3, 0.4) is 0 Å². The predicted molar refractivity (Wildman–Crippen MR) is 119 cm³/mol. The van der Waals surface area contributed by atoms with Crippen LogP contribution in [-0.2, 0) is 35.1 Å². The van der Waals surface area contributed by atoms with Gasteiger partial charge in [0.05, 0.1) is 11.8 Å². The molecule has 0 bridgehead atoms. The van der Waals surface area contributed by atoms with Crippen molar-refractivity contribution in [1.29, 1.82) is 0 Å². The molecule has 1 fully saturated rings. The Kier molecular flexibility index (Phi) is 7.08. The van der Waals surface area contributed by atoms with E-state index in [1.54, 1.807) is 20.8 Å². The summed E-state index contributed by atoms with van der Waals surface area (Å²) in [4.78, 5) is 51.1. The Morgan fingerprint density at radius 1 is 1.22 bits per heavy atom. The highest BCUT2D eigenvalue weighted by molar-refractivity contribution is 8.00. The van der Waals surface area contributed by atoms with Crippen molar-refractivity contribution in [3.63, 3.8) is 0 Å². The number of rotatable bonds is 7. The van der Waals surface area contributed by atoms with Crippen molar-refractivity contribution in [2.75, 3.05) is 12.5 Å². The van der Waals surface area contributed by atoms with Crippen LogP contribution in [0.2, 0.25) is 0 Å². The summed E-state index contributed by atoms with van der Waals surface area (Å²) in [5, 5.41) is 2.33. The maximum Gasteiger partial charge on any atom is 0.358 e. The zero-order valence-corrected chi connectivity index (χ0v) is 19.1. The van der Waals surface area contributed by atoms with Crippen LogP contribution >= 0.6 is 11.8 Å². The third-order valence-electron chi connectivity index (χ3n) is 4.95. The van der Waals surface area contributed by atoms with Crippen molar-refractivity contribution in [2.45, 2.75) is 38.6 Å². The van der Waals surface area contributed by atoms with Crippen molar-refractivity contribution in [1.82, 2.24) is 10.2 Å². The Morgan fingerprint density at radius 3 is 2.53 bits per heavy atom. The molecule has 2 heterocycles. The van der Waals surface area contributed by atoms with Crippen LogP contribution in [0.5, 0.6) is 0 Å². The van der Waals surface area contributed by atoms with E-state index in [-0.39, 0.29) is 18.0 Å². The fourth-order valence-electron chi connectivity index (χ4n) is 3.22. The summed E-state index contributed by atoms with van der Waals surface area (Å²) in [6, 6.07) is 8.49. The first-order valence-corrected chi connectivity index (χ1v) is 11.2. The van der Waals surface area contributed by atoms with E-state index in [0.717, 1.165) is 5.56 Å². The number of hydrogen-bond acceptors (Lipinski definition) is 7. The molecule has 3 rings (SSSR count). The lowest BCUT2D eigenvalue weighted by Crippen LogP contribution is -2.70. The fourth-order valence-corrected chi connectivity index (χ4v) is 4.56. The molecule has 0 aromatic heterocycles. The lowest BCUT2D eigenvalue weighted by Gasteiger charge is -2.49. The summed E-state index contributed by atoms with van der Waals surface area (Å²) in [7, 11) is 0. The number of nitrogens with one attached hydrogen (secondary N) is 1. The maximum atomic E-state index is 12.8. The van der Waals surface area contributed by atoms with Crippen molar-refractivity contribution in [3.8, 4) is 0 Å². The molecule has 2 aliphatic heterocycles. The molecule has 1 aromatic carbocycles. The number of carbonyl (C=O) groups excluding carboxylic acids is 4. The average molecular weight is 459 g/mol. The van der Waals surface area contributed by atoms with Gasteiger partial charge in [-0.3, -0.25) is 19.3 Å². The number of fused-ring (bicyclic) bond motifs is 1. The molecule has 0 aliphatic carbocycles. The predicted octanol–water partition coefficient (Wildman–Crippen LogP) is 2.16. The minimum Gasteiger partial charge on any atom is -0.427 e. The van der Waals surface area contributed by atoms with E-state index in [9.17, 15) is 19.2 Å². The molecule has 1 saturated heterocycles. The highest BCUT2D eigenvalue weighted by Gasteiger charge is 2.54. The summed E-state index contributed by atoms with van der Waals surface area (Å²) in [5.74, 6) is -1.54. The fraction of sp³-hybridized carbons (Fsp3) is 0.391. The molecule has 170 valence electrons. The summed E-state index contributed by atoms with van der Waals surface area (Å²) in [5.41, 5.74) is 0.714. The van der Waals surface area contributed by atoms with Crippen LogP contribution < -0.4 is 5.32 Å². The second kappa shape index (κ2) is 9.60. The largest absolute Gasteiger partial charge is 0.427 e. The maximum absolute atomic E-state index is 12.8. The summed E-state index contributed by atoms with van der Waals surface area (Å²) < 4.78 is 10.1. The van der Waals surface area contributed by atoms with Gasteiger partial charge in [-0.1, -0.05) is 43.0 Å². The third kappa shape index (κ3) is 5.04. The Labute approximate surface area is 191 Å². The Hall–Kier alpha value is -3.07. The van der Waals surface area contributed by atoms with Gasteiger partial charge in [0.1, 0.15) is 17.1 Å². The minimum atomic E-state index is -0.783. The number of β-lactam (4-membered cyclic amide) rings is 1. The quantitative estimate of drug-likeness (QED) is 0.379. The van der Waals surface area contributed by atoms with E-state index >= 15 is 0 Å². The first-order chi connectivity index (χ1) is 15.1. The van der Waals surface area contributed by atoms with Crippen LogP contribution in [0.25, 0.3) is 0 Å². The zero-order chi connectivity index (χ0) is 23.5. The summed E-state index contributed by atoms with van der Waals surface area (Å²) in [6.07, 6.45) is 1.65. The second-order valence-corrected chi connectivity index (χ2v) is 9.53. The van der Waals surface area contributed by atoms with Gasteiger partial charge in [0.15, 0.2) is 0 Å². The van der Waals surface area contributed by atoms with E-state index in [0.29, 0.717) is 11.3 Å². The zero-order valence-electron chi connectivity index (χ0n) is 18.3. The van der Waals surface area contributed by atoms with Gasteiger partial charge in [-0.2, -0.15) is 0 Å². The number of benzene rings is 1. The summed E-state index contributed by atoms with van der Waals surface area (Å²) in [6.45, 7) is 8.20. The molecule has 32 heavy (non-hydrogen) atoms. The van der Waals surface area contributed by atoms with E-state index < -0.39 is 41.5 Å². The van der Waals surface area contributed by atoms with Crippen LogP contribution in [0, 0.1) is 5.41 Å². The molecular weight excluding hydrogens is 432 g/mol. The van der Waals surface area contributed by atoms with Crippen LogP contribution in [0.1, 0.15) is 26.3 Å². The number of thioether (sulfide) groups is 1. The molecule has 1 aromatic rings. The van der Waals surface area contributed by atoms with Gasteiger partial charge in [0.2, 0.25) is 12.7 Å². The number of carbonyl (C=O) groups is 4. The first kappa shape index (κ1) is 23.6. The number of amides is 2. The van der Waals surface area contributed by atoms with Crippen LogP contribution in [0.15, 0.2) is 54.3 Å². The van der Waals surface area contributed by atoms with Crippen LogP contribution in [0.4, 0.5) is 0 Å². The van der Waals surface area contributed by atoms with Gasteiger partial charge in [-0.25, -0.2) is 4.79 Å². The number of nitrogens with zero attached hydrogens (tertiary/aromatic N) is 1. The Morgan fingerprint density at radius 2 is 1.91 bits per heavy atom. The number of allylic oxidation sites excluding steroid dienone is 1. The SMILES string of the molecule is C=CC1=C(C(=O)OCOC(=O)C(C)(C)C)N2C(=O)[C@H](NC(=O)Cc3ccccc3)[C@H]2SC1. The van der Waals surface area contributed by atoms with Gasteiger partial charge in [0.25, 0.3) is 5.91 Å². The Bertz CT molecular complexity index is 966. The third-order valence-corrected chi connectivity index (χ3v) is 6.26. The highest BCUT2D eigenvalue weighted by Crippen LogP contribution is 2.40. The standard InChI is InChI=1S/C23H26N2O6S/c1-5-15-12-32-20-17(24-16(26)11-14-9-7-6-8-10-14)19(27)25(20)18(15)21(28)30-13-31-22(29)23(2,3)4/h5-10,17,20H,1,11-13H2,2-4H3,(H,24,26)/t17-,20+/m0/s1. The molecule has 2 aliphatic rings. The smallest absolute Gasteiger partial charge is 0.358 e. The van der Waals surface area contributed by atoms with E-state index in [1.807, 2.05) is 30.3 Å². The molecule has 2 atom stereocenters. The molecule has 0 radical (unpaired) electrons. The molecule has 0 unspecified atom stereocenters. The lowest BCUT2D eigenvalue weighted by atomic mass is 9.98. The molecular formula is C23H26N2O6S. The molecule has 0 spiro atoms. The topological polar surface area (TPSA) is 102 Å². The summed E-state index contributed by atoms with van der Waals surface area (Å²) >= 11 is 1.43. The number of hydrogen-bond donors (Lipinski definition) is 1. The molecule has 2 amide bonds. The molecule has 9 heteroatoms. The molecule has 1 N–H and O–H groups in total. The van der Waals surface area contributed by atoms with Gasteiger partial charge in [0, 0.05) is 5.75 Å².